The Labute approximate surface area is 112 Å². The number of nitrogens with zero attached hydrogens (tertiary/aromatic N) is 1. The molecule has 1 saturated carbocycles. The summed E-state index contributed by atoms with van der Waals surface area (Å²) in [6, 6.07) is 0. The first-order valence-corrected chi connectivity index (χ1v) is 8.14. The van der Waals surface area contributed by atoms with Crippen LogP contribution in [-0.2, 0) is 9.59 Å². The quantitative estimate of drug-likeness (QED) is 0.439. The smallest absolute Gasteiger partial charge is 0.253 e. The van der Waals surface area contributed by atoms with E-state index in [1.165, 1.54) is 72.2 Å². The first kappa shape index (κ1) is 13.5. The van der Waals surface area contributed by atoms with Crippen LogP contribution in [0.5, 0.6) is 0 Å². The summed E-state index contributed by atoms with van der Waals surface area (Å²) in [5, 5.41) is 0.565. The third kappa shape index (κ3) is 3.31. The molecule has 0 spiro atoms. The van der Waals surface area contributed by atoms with Crippen molar-refractivity contribution in [2.24, 2.45) is 0 Å². The van der Waals surface area contributed by atoms with Crippen molar-refractivity contribution in [2.45, 2.75) is 56.4 Å². The molecular weight excluding hydrogens is 242 g/mol. The van der Waals surface area contributed by atoms with Gasteiger partial charge in [0, 0.05) is 28.9 Å². The second-order valence-electron chi connectivity index (χ2n) is 5.99. The number of amides is 2. The lowest BCUT2D eigenvalue weighted by molar-refractivity contribution is -0.136. The summed E-state index contributed by atoms with van der Waals surface area (Å²) in [5.74, 6) is -0.272. The first-order valence-electron chi connectivity index (χ1n) is 7.14. The van der Waals surface area contributed by atoms with Gasteiger partial charge in [-0.3, -0.25) is 14.5 Å². The highest BCUT2D eigenvalue weighted by Crippen LogP contribution is 2.42. The van der Waals surface area contributed by atoms with Crippen LogP contribution in [0.15, 0.2) is 12.2 Å². The van der Waals surface area contributed by atoms with Gasteiger partial charge < -0.3 is 0 Å². The fourth-order valence-electron chi connectivity index (χ4n) is 3.15. The number of rotatable bonds is 4. The topological polar surface area (TPSA) is 37.4 Å². The second-order valence-corrected chi connectivity index (χ2v) is 8.11. The molecule has 0 bridgehead atoms. The molecule has 2 rings (SSSR count). The zero-order valence-corrected chi connectivity index (χ0v) is 13.3. The average molecular weight is 265 g/mol. The van der Waals surface area contributed by atoms with E-state index < -0.39 is 0 Å². The molecule has 1 heterocycles. The fraction of sp³-hybridized carbons (Fsp3) is 0.714. The summed E-state index contributed by atoms with van der Waals surface area (Å²) in [4.78, 5) is 24.2. The van der Waals surface area contributed by atoms with Crippen molar-refractivity contribution in [3.63, 3.8) is 0 Å². The summed E-state index contributed by atoms with van der Waals surface area (Å²) in [5.41, 5.74) is 0. The normalized spacial score (nSPS) is 23.7. The third-order valence-corrected chi connectivity index (χ3v) is 5.87. The van der Waals surface area contributed by atoms with Gasteiger partial charge in [0.1, 0.15) is 0 Å². The Morgan fingerprint density at radius 2 is 1.61 bits per heavy atom. The maximum absolute atomic E-state index is 11.4. The van der Waals surface area contributed by atoms with Gasteiger partial charge in [0.2, 0.25) is 0 Å². The van der Waals surface area contributed by atoms with E-state index in [0.29, 0.717) is 11.6 Å². The van der Waals surface area contributed by atoms with Crippen LogP contribution in [-0.4, -0.2) is 33.5 Å². The monoisotopic (exact) mass is 265 g/mol. The Morgan fingerprint density at radius 3 is 2.17 bits per heavy atom. The van der Waals surface area contributed by atoms with Crippen molar-refractivity contribution >= 4 is 22.1 Å². The molecule has 0 radical (unpaired) electrons. The molecule has 3 nitrogen and oxygen atoms in total. The largest absolute Gasteiger partial charge is 0.275 e. The average Bonchev–Trinajstić information content (AvgIpc) is 2.55. The molecule has 4 heteroatoms. The lowest BCUT2D eigenvalue weighted by atomic mass is 9.93. The fourth-order valence-corrected chi connectivity index (χ4v) is 4.21. The molecule has 2 aliphatic rings. The van der Waals surface area contributed by atoms with Gasteiger partial charge in [-0.15, -0.1) is 0 Å². The second kappa shape index (κ2) is 5.82. The van der Waals surface area contributed by atoms with Gasteiger partial charge in [0.25, 0.3) is 11.8 Å². The SMILES string of the molecule is O=C1C=CC(=O)N1CCCC1([SiH3])CCCCCC1. The van der Waals surface area contributed by atoms with Gasteiger partial charge in [-0.2, -0.15) is 0 Å². The molecule has 2 amide bonds. The standard InChI is InChI=1S/C14H23NO2Si/c16-12-6-7-13(17)15(12)11-5-10-14(18)8-3-1-2-4-9-14/h6-7H,1-5,8-11H2,18H3. The van der Waals surface area contributed by atoms with Crippen LogP contribution >= 0.6 is 0 Å². The molecule has 0 aromatic heterocycles. The third-order valence-electron chi connectivity index (χ3n) is 4.37. The minimum Gasteiger partial charge on any atom is -0.275 e. The zero-order chi connectivity index (χ0) is 13.0. The van der Waals surface area contributed by atoms with Crippen LogP contribution in [0.25, 0.3) is 0 Å². The maximum Gasteiger partial charge on any atom is 0.253 e. The molecule has 18 heavy (non-hydrogen) atoms. The Balaban J connectivity index is 1.77. The first-order chi connectivity index (χ1) is 8.61. The van der Waals surface area contributed by atoms with Crippen molar-refractivity contribution in [2.75, 3.05) is 6.54 Å². The predicted octanol–water partition coefficient (Wildman–Crippen LogP) is 1.57. The zero-order valence-electron chi connectivity index (χ0n) is 11.3. The van der Waals surface area contributed by atoms with E-state index in [9.17, 15) is 9.59 Å². The molecule has 0 aromatic carbocycles. The Hall–Kier alpha value is -0.903. The van der Waals surface area contributed by atoms with Crippen LogP contribution in [0.1, 0.15) is 51.4 Å². The summed E-state index contributed by atoms with van der Waals surface area (Å²) >= 11 is 0. The lowest BCUT2D eigenvalue weighted by Gasteiger charge is -2.28. The molecule has 0 atom stereocenters. The molecule has 0 unspecified atom stereocenters. The summed E-state index contributed by atoms with van der Waals surface area (Å²) < 4.78 is 0. The highest BCUT2D eigenvalue weighted by molar-refractivity contribution is 6.15. The van der Waals surface area contributed by atoms with Gasteiger partial charge in [-0.05, 0) is 17.9 Å². The molecule has 1 aliphatic carbocycles. The number of hydrogen-bond acceptors (Lipinski definition) is 2. The number of carbonyl (C=O) groups is 2. The van der Waals surface area contributed by atoms with Crippen LogP contribution in [0.4, 0.5) is 0 Å². The number of carbonyl (C=O) groups excluding carboxylic acids is 2. The van der Waals surface area contributed by atoms with E-state index in [1.807, 2.05) is 0 Å². The van der Waals surface area contributed by atoms with Crippen molar-refractivity contribution in [3.8, 4) is 0 Å². The van der Waals surface area contributed by atoms with E-state index >= 15 is 0 Å². The minimum absolute atomic E-state index is 0.136. The highest BCUT2D eigenvalue weighted by Gasteiger charge is 2.27. The Kier molecular flexibility index (Phi) is 4.38. The van der Waals surface area contributed by atoms with Crippen molar-refractivity contribution < 1.29 is 9.59 Å². The molecular formula is C14H23NO2Si. The van der Waals surface area contributed by atoms with E-state index in [4.69, 9.17) is 0 Å². The van der Waals surface area contributed by atoms with Gasteiger partial charge in [-0.1, -0.05) is 38.5 Å². The maximum atomic E-state index is 11.4. The van der Waals surface area contributed by atoms with E-state index in [2.05, 4.69) is 0 Å². The van der Waals surface area contributed by atoms with Crippen LogP contribution in [0.3, 0.4) is 0 Å². The van der Waals surface area contributed by atoms with Crippen molar-refractivity contribution in [1.29, 1.82) is 0 Å². The van der Waals surface area contributed by atoms with Gasteiger partial charge >= 0.3 is 0 Å². The molecule has 0 aromatic rings. The van der Waals surface area contributed by atoms with E-state index in [0.717, 1.165) is 6.42 Å². The minimum atomic E-state index is -0.136. The van der Waals surface area contributed by atoms with E-state index in [-0.39, 0.29) is 11.8 Å². The summed E-state index contributed by atoms with van der Waals surface area (Å²) in [7, 11) is 1.24. The van der Waals surface area contributed by atoms with Gasteiger partial charge in [0.15, 0.2) is 0 Å². The van der Waals surface area contributed by atoms with Gasteiger partial charge in [-0.25, -0.2) is 0 Å². The number of imide groups is 1. The highest BCUT2D eigenvalue weighted by atomic mass is 28.1. The van der Waals surface area contributed by atoms with Crippen LogP contribution in [0, 0.1) is 0 Å². The summed E-state index contributed by atoms with van der Waals surface area (Å²) in [6.07, 6.45) is 13.2. The number of hydrogen-bond donors (Lipinski definition) is 0. The molecule has 0 saturated heterocycles. The van der Waals surface area contributed by atoms with E-state index in [1.54, 1.807) is 0 Å². The van der Waals surface area contributed by atoms with Crippen molar-refractivity contribution in [1.82, 2.24) is 4.90 Å². The van der Waals surface area contributed by atoms with Gasteiger partial charge in [0.05, 0.1) is 0 Å². The van der Waals surface area contributed by atoms with Crippen molar-refractivity contribution in [3.05, 3.63) is 12.2 Å². The van der Waals surface area contributed by atoms with Crippen LogP contribution < -0.4 is 0 Å². The predicted molar refractivity (Wildman–Crippen MR) is 75.4 cm³/mol. The summed E-state index contributed by atoms with van der Waals surface area (Å²) in [6.45, 7) is 0.606. The molecule has 1 fully saturated rings. The Bertz CT molecular complexity index is 339. The molecule has 0 N–H and O–H groups in total. The molecule has 1 aliphatic heterocycles. The van der Waals surface area contributed by atoms with Crippen LogP contribution in [0.2, 0.25) is 5.04 Å². The Morgan fingerprint density at radius 1 is 1.06 bits per heavy atom. The lowest BCUT2D eigenvalue weighted by Crippen LogP contribution is -2.31. The molecule has 100 valence electrons.